The molecule has 1 amide bonds. The molecule has 0 saturated heterocycles. The second kappa shape index (κ2) is 5.74. The lowest BCUT2D eigenvalue weighted by molar-refractivity contribution is -0.115. The highest BCUT2D eigenvalue weighted by molar-refractivity contribution is 7.92. The molecule has 3 N–H and O–H groups in total. The Labute approximate surface area is 124 Å². The summed E-state index contributed by atoms with van der Waals surface area (Å²) in [5, 5.41) is 6.37. The average molecular weight is 334 g/mol. The van der Waals surface area contributed by atoms with Gasteiger partial charge in [0.2, 0.25) is 15.9 Å². The standard InChI is InChI=1S/C12H18N2O5S2/c1-7-5-10(21(13,18)19)6-8(2)11(7)14-12(15)9(3)20(4,16)17/h5-6,9H,1-4H3,(H,14,15)(H2,13,18,19). The molecule has 9 heteroatoms. The van der Waals surface area contributed by atoms with Crippen molar-refractivity contribution in [2.45, 2.75) is 30.9 Å². The highest BCUT2D eigenvalue weighted by Crippen LogP contribution is 2.24. The molecule has 1 rings (SSSR count). The molecule has 0 aliphatic carbocycles. The number of sulfone groups is 1. The Balaban J connectivity index is 3.20. The molecule has 0 heterocycles. The van der Waals surface area contributed by atoms with Gasteiger partial charge in [-0.05, 0) is 44.0 Å². The Morgan fingerprint density at radius 3 is 1.90 bits per heavy atom. The van der Waals surface area contributed by atoms with E-state index in [2.05, 4.69) is 5.32 Å². The number of anilines is 1. The van der Waals surface area contributed by atoms with Crippen LogP contribution in [0.1, 0.15) is 18.1 Å². The zero-order valence-electron chi connectivity index (χ0n) is 12.2. The number of hydrogen-bond acceptors (Lipinski definition) is 5. The molecule has 0 spiro atoms. The summed E-state index contributed by atoms with van der Waals surface area (Å²) in [7, 11) is -7.35. The third kappa shape index (κ3) is 4.26. The van der Waals surface area contributed by atoms with Crippen molar-refractivity contribution in [1.29, 1.82) is 0 Å². The van der Waals surface area contributed by atoms with Gasteiger partial charge in [0.05, 0.1) is 4.90 Å². The van der Waals surface area contributed by atoms with Crippen molar-refractivity contribution in [1.82, 2.24) is 0 Å². The topological polar surface area (TPSA) is 123 Å². The van der Waals surface area contributed by atoms with Crippen LogP contribution in [0.15, 0.2) is 17.0 Å². The Kier molecular flexibility index (Phi) is 4.81. The predicted molar refractivity (Wildman–Crippen MR) is 80.2 cm³/mol. The molecule has 0 saturated carbocycles. The van der Waals surface area contributed by atoms with E-state index in [-0.39, 0.29) is 4.90 Å². The fraction of sp³-hybridized carbons (Fsp3) is 0.417. The number of carbonyl (C=O) groups excluding carboxylic acids is 1. The van der Waals surface area contributed by atoms with Gasteiger partial charge in [-0.1, -0.05) is 0 Å². The lowest BCUT2D eigenvalue weighted by Crippen LogP contribution is -2.32. The second-order valence-electron chi connectivity index (χ2n) is 4.94. The minimum atomic E-state index is -3.84. The molecule has 21 heavy (non-hydrogen) atoms. The number of sulfonamides is 1. The van der Waals surface area contributed by atoms with Gasteiger partial charge < -0.3 is 5.32 Å². The lowest BCUT2D eigenvalue weighted by atomic mass is 10.1. The first-order valence-corrected chi connectivity index (χ1v) is 9.48. The number of nitrogens with two attached hydrogens (primary N) is 1. The largest absolute Gasteiger partial charge is 0.324 e. The lowest BCUT2D eigenvalue weighted by Gasteiger charge is -2.15. The number of carbonyl (C=O) groups is 1. The average Bonchev–Trinajstić information content (AvgIpc) is 2.29. The summed E-state index contributed by atoms with van der Waals surface area (Å²) in [6.45, 7) is 4.48. The van der Waals surface area contributed by atoms with Crippen LogP contribution in [0.4, 0.5) is 5.69 Å². The SMILES string of the molecule is Cc1cc(S(N)(=O)=O)cc(C)c1NC(=O)C(C)S(C)(=O)=O. The van der Waals surface area contributed by atoms with Crippen LogP contribution in [0, 0.1) is 13.8 Å². The van der Waals surface area contributed by atoms with E-state index in [0.717, 1.165) is 6.26 Å². The van der Waals surface area contributed by atoms with Gasteiger partial charge in [-0.15, -0.1) is 0 Å². The van der Waals surface area contributed by atoms with Crippen LogP contribution in [0.2, 0.25) is 0 Å². The van der Waals surface area contributed by atoms with Crippen LogP contribution in [0.25, 0.3) is 0 Å². The Morgan fingerprint density at radius 2 is 1.57 bits per heavy atom. The molecule has 1 aromatic carbocycles. The number of hydrogen-bond donors (Lipinski definition) is 2. The van der Waals surface area contributed by atoms with Crippen molar-refractivity contribution in [3.05, 3.63) is 23.3 Å². The zero-order valence-corrected chi connectivity index (χ0v) is 13.8. The number of amides is 1. The van der Waals surface area contributed by atoms with Gasteiger partial charge in [-0.2, -0.15) is 0 Å². The smallest absolute Gasteiger partial charge is 0.242 e. The third-order valence-electron chi connectivity index (χ3n) is 3.09. The molecule has 0 radical (unpaired) electrons. The van der Waals surface area contributed by atoms with Gasteiger partial charge in [0.1, 0.15) is 5.25 Å². The van der Waals surface area contributed by atoms with Crippen molar-refractivity contribution in [3.63, 3.8) is 0 Å². The van der Waals surface area contributed by atoms with Crippen LogP contribution in [-0.2, 0) is 24.7 Å². The van der Waals surface area contributed by atoms with E-state index in [1.54, 1.807) is 13.8 Å². The third-order valence-corrected chi connectivity index (χ3v) is 5.49. The number of benzene rings is 1. The number of primary sulfonamides is 1. The van der Waals surface area contributed by atoms with Crippen molar-refractivity contribution >= 4 is 31.5 Å². The van der Waals surface area contributed by atoms with E-state index in [4.69, 9.17) is 5.14 Å². The van der Waals surface area contributed by atoms with Crippen molar-refractivity contribution in [2.75, 3.05) is 11.6 Å². The minimum absolute atomic E-state index is 0.0633. The maximum Gasteiger partial charge on any atom is 0.242 e. The minimum Gasteiger partial charge on any atom is -0.324 e. The quantitative estimate of drug-likeness (QED) is 0.821. The molecule has 118 valence electrons. The molecule has 0 aliphatic rings. The highest BCUT2D eigenvalue weighted by atomic mass is 32.2. The van der Waals surface area contributed by atoms with Gasteiger partial charge >= 0.3 is 0 Å². The van der Waals surface area contributed by atoms with Crippen molar-refractivity contribution in [2.24, 2.45) is 5.14 Å². The van der Waals surface area contributed by atoms with Crippen LogP contribution in [0.5, 0.6) is 0 Å². The summed E-state index contributed by atoms with van der Waals surface area (Å²) < 4.78 is 45.4. The van der Waals surface area contributed by atoms with Gasteiger partial charge in [-0.25, -0.2) is 22.0 Å². The Hall–Kier alpha value is -1.45. The summed E-state index contributed by atoms with van der Waals surface area (Å²) >= 11 is 0. The fourth-order valence-electron chi connectivity index (χ4n) is 1.70. The number of aryl methyl sites for hydroxylation is 2. The van der Waals surface area contributed by atoms with Gasteiger partial charge in [0.25, 0.3) is 0 Å². The molecule has 0 aromatic heterocycles. The van der Waals surface area contributed by atoms with Gasteiger partial charge in [0.15, 0.2) is 9.84 Å². The van der Waals surface area contributed by atoms with Crippen LogP contribution in [-0.4, -0.2) is 34.2 Å². The first-order valence-electron chi connectivity index (χ1n) is 5.98. The molecule has 1 aromatic rings. The number of nitrogens with one attached hydrogen (secondary N) is 1. The van der Waals surface area contributed by atoms with Crippen LogP contribution < -0.4 is 10.5 Å². The molecule has 1 unspecified atom stereocenters. The van der Waals surface area contributed by atoms with Gasteiger partial charge in [0, 0.05) is 11.9 Å². The summed E-state index contributed by atoms with van der Waals surface area (Å²) in [6.07, 6.45) is 0.973. The predicted octanol–water partition coefficient (Wildman–Crippen LogP) is 0.322. The highest BCUT2D eigenvalue weighted by Gasteiger charge is 2.24. The summed E-state index contributed by atoms with van der Waals surface area (Å²) in [5.41, 5.74) is 1.34. The van der Waals surface area contributed by atoms with Crippen molar-refractivity contribution in [3.8, 4) is 0 Å². The maximum atomic E-state index is 11.9. The van der Waals surface area contributed by atoms with Gasteiger partial charge in [-0.3, -0.25) is 4.79 Å². The van der Waals surface area contributed by atoms with E-state index in [9.17, 15) is 21.6 Å². The summed E-state index contributed by atoms with van der Waals surface area (Å²) in [5.74, 6) is -0.674. The van der Waals surface area contributed by atoms with Crippen LogP contribution >= 0.6 is 0 Å². The van der Waals surface area contributed by atoms with Crippen LogP contribution in [0.3, 0.4) is 0 Å². The molecule has 0 bridgehead atoms. The molecular formula is C12H18N2O5S2. The zero-order chi connectivity index (χ0) is 16.6. The first-order chi connectivity index (χ1) is 9.34. The van der Waals surface area contributed by atoms with Crippen molar-refractivity contribution < 1.29 is 21.6 Å². The molecule has 1 atom stereocenters. The van der Waals surface area contributed by atoms with E-state index < -0.39 is 31.0 Å². The Bertz CT molecular complexity index is 759. The monoisotopic (exact) mass is 334 g/mol. The van der Waals surface area contributed by atoms with E-state index in [0.29, 0.717) is 16.8 Å². The molecular weight excluding hydrogens is 316 g/mol. The van der Waals surface area contributed by atoms with E-state index >= 15 is 0 Å². The molecule has 7 nitrogen and oxygen atoms in total. The van der Waals surface area contributed by atoms with E-state index in [1.807, 2.05) is 0 Å². The maximum absolute atomic E-state index is 11.9. The van der Waals surface area contributed by atoms with E-state index in [1.165, 1.54) is 19.1 Å². The Morgan fingerprint density at radius 1 is 1.14 bits per heavy atom. The number of rotatable bonds is 4. The molecule has 0 fully saturated rings. The fourth-order valence-corrected chi connectivity index (χ4v) is 2.83. The first kappa shape index (κ1) is 17.6. The second-order valence-corrected chi connectivity index (χ2v) is 8.87. The summed E-state index contributed by atoms with van der Waals surface area (Å²) in [6, 6.07) is 2.64. The normalized spacial score (nSPS) is 13.8. The summed E-state index contributed by atoms with van der Waals surface area (Å²) in [4.78, 5) is 11.8. The molecule has 0 aliphatic heterocycles.